The minimum absolute atomic E-state index is 0.419. The van der Waals surface area contributed by atoms with Gasteiger partial charge in [-0.2, -0.15) is 0 Å². The zero-order chi connectivity index (χ0) is 19.7. The summed E-state index contributed by atoms with van der Waals surface area (Å²) < 4.78 is 7.15. The first kappa shape index (κ1) is 19.1. The second-order valence-corrected chi connectivity index (χ2v) is 7.94. The molecule has 0 spiro atoms. The van der Waals surface area contributed by atoms with Gasteiger partial charge in [0.2, 0.25) is 11.0 Å². The van der Waals surface area contributed by atoms with Gasteiger partial charge in [0, 0.05) is 21.2 Å². The molecular formula is C18H12Cl3N5OS. The third kappa shape index (κ3) is 3.98. The Labute approximate surface area is 179 Å². The lowest BCUT2D eigenvalue weighted by Gasteiger charge is -2.05. The molecule has 2 aromatic carbocycles. The third-order valence-electron chi connectivity index (χ3n) is 3.82. The second kappa shape index (κ2) is 8.05. The van der Waals surface area contributed by atoms with Crippen molar-refractivity contribution < 1.29 is 4.42 Å². The molecule has 4 aromatic rings. The number of halogens is 3. The highest BCUT2D eigenvalue weighted by molar-refractivity contribution is 7.98. The number of rotatable bonds is 5. The highest BCUT2D eigenvalue weighted by Gasteiger charge is 2.16. The van der Waals surface area contributed by atoms with Crippen molar-refractivity contribution in [3.63, 3.8) is 0 Å². The summed E-state index contributed by atoms with van der Waals surface area (Å²) in [4.78, 5) is 4.29. The molecule has 4 rings (SSSR count). The van der Waals surface area contributed by atoms with Crippen LogP contribution in [-0.2, 0) is 5.75 Å². The van der Waals surface area contributed by atoms with Crippen molar-refractivity contribution >= 4 is 46.6 Å². The van der Waals surface area contributed by atoms with Crippen LogP contribution in [0.4, 0.5) is 0 Å². The Hall–Kier alpha value is -2.19. The van der Waals surface area contributed by atoms with Gasteiger partial charge in [-0.25, -0.2) is 9.66 Å². The molecule has 0 amide bonds. The van der Waals surface area contributed by atoms with Gasteiger partial charge in [0.05, 0.1) is 17.0 Å². The van der Waals surface area contributed by atoms with Gasteiger partial charge in [-0.3, -0.25) is 0 Å². The number of hydrogen-bond donors (Lipinski definition) is 1. The molecule has 0 aliphatic heterocycles. The summed E-state index contributed by atoms with van der Waals surface area (Å²) in [5.74, 6) is 8.15. The van der Waals surface area contributed by atoms with Gasteiger partial charge >= 0.3 is 0 Å². The molecule has 28 heavy (non-hydrogen) atoms. The minimum Gasteiger partial charge on any atom is -0.440 e. The fourth-order valence-electron chi connectivity index (χ4n) is 2.51. The first-order chi connectivity index (χ1) is 13.5. The van der Waals surface area contributed by atoms with Gasteiger partial charge in [-0.1, -0.05) is 58.7 Å². The van der Waals surface area contributed by atoms with Crippen LogP contribution < -0.4 is 5.84 Å². The largest absolute Gasteiger partial charge is 0.440 e. The first-order valence-corrected chi connectivity index (χ1v) is 10.1. The van der Waals surface area contributed by atoms with Gasteiger partial charge in [0.1, 0.15) is 0 Å². The first-order valence-electron chi connectivity index (χ1n) is 8.00. The number of benzene rings is 2. The van der Waals surface area contributed by atoms with E-state index >= 15 is 0 Å². The number of nitrogens with two attached hydrogens (primary N) is 1. The molecule has 6 nitrogen and oxygen atoms in total. The quantitative estimate of drug-likeness (QED) is 0.315. The average molecular weight is 453 g/mol. The van der Waals surface area contributed by atoms with Crippen LogP contribution >= 0.6 is 46.6 Å². The fourth-order valence-corrected chi connectivity index (χ4v) is 3.78. The molecular weight excluding hydrogens is 441 g/mol. The lowest BCUT2D eigenvalue weighted by atomic mass is 10.2. The van der Waals surface area contributed by atoms with Gasteiger partial charge in [0.25, 0.3) is 0 Å². The number of nitrogens with zero attached hydrogens (tertiary/aromatic N) is 4. The summed E-state index contributed by atoms with van der Waals surface area (Å²) in [7, 11) is 0. The smallest absolute Gasteiger partial charge is 0.210 e. The van der Waals surface area contributed by atoms with Crippen LogP contribution in [0, 0.1) is 0 Å². The number of aromatic nitrogens is 4. The maximum absolute atomic E-state index is 6.22. The minimum atomic E-state index is 0.419. The number of oxazole rings is 1. The molecule has 0 aliphatic rings. The SMILES string of the molecule is Nn1c(SCc2ncc(-c3cccc(Cl)c3)o2)nnc1-c1cc(Cl)ccc1Cl. The normalized spacial score (nSPS) is 11.1. The van der Waals surface area contributed by atoms with E-state index in [1.54, 1.807) is 30.5 Å². The van der Waals surface area contributed by atoms with E-state index in [1.165, 1.54) is 16.4 Å². The summed E-state index contributed by atoms with van der Waals surface area (Å²) in [6, 6.07) is 12.4. The molecule has 0 fully saturated rings. The number of nitrogen functional groups attached to an aromatic ring is 1. The van der Waals surface area contributed by atoms with Crippen LogP contribution in [0.1, 0.15) is 5.89 Å². The Morgan fingerprint density at radius 3 is 2.68 bits per heavy atom. The molecule has 2 aromatic heterocycles. The van der Waals surface area contributed by atoms with E-state index in [0.29, 0.717) is 49.0 Å². The Balaban J connectivity index is 1.51. The Morgan fingerprint density at radius 1 is 1.04 bits per heavy atom. The summed E-state index contributed by atoms with van der Waals surface area (Å²) in [6.07, 6.45) is 1.66. The molecule has 0 unspecified atom stereocenters. The van der Waals surface area contributed by atoms with E-state index in [9.17, 15) is 0 Å². The van der Waals surface area contributed by atoms with E-state index in [-0.39, 0.29) is 0 Å². The maximum atomic E-state index is 6.22. The zero-order valence-corrected chi connectivity index (χ0v) is 17.2. The predicted octanol–water partition coefficient (Wildman–Crippen LogP) is 5.57. The van der Waals surface area contributed by atoms with Crippen LogP contribution in [0.3, 0.4) is 0 Å². The van der Waals surface area contributed by atoms with Crippen LogP contribution in [0.15, 0.2) is 58.2 Å². The van der Waals surface area contributed by atoms with E-state index in [4.69, 9.17) is 45.1 Å². The van der Waals surface area contributed by atoms with Crippen molar-refractivity contribution in [3.8, 4) is 22.7 Å². The van der Waals surface area contributed by atoms with Crippen LogP contribution in [0.5, 0.6) is 0 Å². The van der Waals surface area contributed by atoms with Crippen molar-refractivity contribution in [1.82, 2.24) is 19.9 Å². The maximum Gasteiger partial charge on any atom is 0.210 e. The van der Waals surface area contributed by atoms with Crippen LogP contribution in [-0.4, -0.2) is 19.9 Å². The molecule has 10 heteroatoms. The van der Waals surface area contributed by atoms with E-state index in [1.807, 2.05) is 18.2 Å². The van der Waals surface area contributed by atoms with Gasteiger partial charge in [0.15, 0.2) is 11.6 Å². The topological polar surface area (TPSA) is 82.8 Å². The summed E-state index contributed by atoms with van der Waals surface area (Å²) >= 11 is 19.6. The van der Waals surface area contributed by atoms with Gasteiger partial charge in [-0.05, 0) is 30.3 Å². The fraction of sp³-hybridized carbons (Fsp3) is 0.0556. The molecule has 0 saturated heterocycles. The van der Waals surface area contributed by atoms with Gasteiger partial charge < -0.3 is 10.3 Å². The molecule has 0 atom stereocenters. The lowest BCUT2D eigenvalue weighted by molar-refractivity contribution is 0.529. The van der Waals surface area contributed by atoms with Crippen LogP contribution in [0.25, 0.3) is 22.7 Å². The number of hydrogen-bond acceptors (Lipinski definition) is 6. The van der Waals surface area contributed by atoms with E-state index in [0.717, 1.165) is 5.56 Å². The van der Waals surface area contributed by atoms with Crippen LogP contribution in [0.2, 0.25) is 15.1 Å². The molecule has 0 aliphatic carbocycles. The van der Waals surface area contributed by atoms with Crippen molar-refractivity contribution in [2.24, 2.45) is 0 Å². The molecule has 0 radical (unpaired) electrons. The summed E-state index contributed by atoms with van der Waals surface area (Å²) in [6.45, 7) is 0. The Kier molecular flexibility index (Phi) is 5.50. The monoisotopic (exact) mass is 451 g/mol. The van der Waals surface area contributed by atoms with Crippen molar-refractivity contribution in [2.45, 2.75) is 10.9 Å². The molecule has 0 bridgehead atoms. The Morgan fingerprint density at radius 2 is 1.86 bits per heavy atom. The molecule has 2 N–H and O–H groups in total. The van der Waals surface area contributed by atoms with Gasteiger partial charge in [-0.15, -0.1) is 10.2 Å². The summed E-state index contributed by atoms with van der Waals surface area (Å²) in [5, 5.41) is 10.4. The third-order valence-corrected chi connectivity index (χ3v) is 5.55. The average Bonchev–Trinajstić information content (AvgIpc) is 3.29. The molecule has 142 valence electrons. The van der Waals surface area contributed by atoms with E-state index < -0.39 is 0 Å². The highest BCUT2D eigenvalue weighted by atomic mass is 35.5. The van der Waals surface area contributed by atoms with Crippen molar-refractivity contribution in [2.75, 3.05) is 5.84 Å². The Bertz CT molecular complexity index is 1140. The standard InChI is InChI=1S/C18H12Cl3N5OS/c19-11-3-1-2-10(6-11)15-8-23-16(27-15)9-28-18-25-24-17(26(18)22)13-7-12(20)4-5-14(13)21/h1-8H,9,22H2. The van der Waals surface area contributed by atoms with Crippen molar-refractivity contribution in [3.05, 3.63) is 69.6 Å². The lowest BCUT2D eigenvalue weighted by Crippen LogP contribution is -2.11. The molecule has 2 heterocycles. The highest BCUT2D eigenvalue weighted by Crippen LogP contribution is 2.31. The van der Waals surface area contributed by atoms with E-state index in [2.05, 4.69) is 15.2 Å². The summed E-state index contributed by atoms with van der Waals surface area (Å²) in [5.41, 5.74) is 1.46. The predicted molar refractivity (Wildman–Crippen MR) is 112 cm³/mol. The zero-order valence-electron chi connectivity index (χ0n) is 14.1. The number of thioether (sulfide) groups is 1. The van der Waals surface area contributed by atoms with Crippen molar-refractivity contribution in [1.29, 1.82) is 0 Å². The molecule has 0 saturated carbocycles. The second-order valence-electron chi connectivity index (χ2n) is 5.72.